The molecule has 0 fully saturated rings. The minimum atomic E-state index is 0.626. The standard InChI is InChI=1S/C18H21N5O2/c1-4-20-17-18(21-11-12-5-7-19-8-6-12)23-14-10-16(25-3)15(24-2)9-13(14)22-17/h5-10H,4,11H2,1-3H3,(H,20,22)(H,21,23). The van der Waals surface area contributed by atoms with Crippen LogP contribution in [0.1, 0.15) is 12.5 Å². The normalized spacial score (nSPS) is 10.5. The Hall–Kier alpha value is -3.09. The fourth-order valence-corrected chi connectivity index (χ4v) is 2.48. The summed E-state index contributed by atoms with van der Waals surface area (Å²) in [6.45, 7) is 3.40. The second-order valence-corrected chi connectivity index (χ2v) is 5.36. The van der Waals surface area contributed by atoms with E-state index >= 15 is 0 Å². The molecule has 0 radical (unpaired) electrons. The number of aromatic nitrogens is 3. The quantitative estimate of drug-likeness (QED) is 0.684. The van der Waals surface area contributed by atoms with Crippen molar-refractivity contribution in [3.63, 3.8) is 0 Å². The molecule has 0 saturated heterocycles. The van der Waals surface area contributed by atoms with Crippen LogP contribution >= 0.6 is 0 Å². The van der Waals surface area contributed by atoms with Crippen LogP contribution in [0, 0.1) is 0 Å². The van der Waals surface area contributed by atoms with Gasteiger partial charge < -0.3 is 20.1 Å². The zero-order valence-corrected chi connectivity index (χ0v) is 14.5. The third kappa shape index (κ3) is 3.71. The topological polar surface area (TPSA) is 81.2 Å². The molecule has 0 bridgehead atoms. The molecule has 2 aromatic heterocycles. The highest BCUT2D eigenvalue weighted by molar-refractivity contribution is 5.83. The zero-order chi connectivity index (χ0) is 17.6. The maximum Gasteiger partial charge on any atom is 0.170 e. The molecule has 2 N–H and O–H groups in total. The number of hydrogen-bond acceptors (Lipinski definition) is 7. The van der Waals surface area contributed by atoms with E-state index in [2.05, 4.69) is 20.6 Å². The minimum absolute atomic E-state index is 0.626. The molecule has 25 heavy (non-hydrogen) atoms. The second kappa shape index (κ2) is 7.65. The van der Waals surface area contributed by atoms with Gasteiger partial charge >= 0.3 is 0 Å². The number of hydrogen-bond donors (Lipinski definition) is 2. The lowest BCUT2D eigenvalue weighted by Gasteiger charge is -2.14. The predicted molar refractivity (Wildman–Crippen MR) is 98.4 cm³/mol. The number of benzene rings is 1. The first kappa shape index (κ1) is 16.8. The minimum Gasteiger partial charge on any atom is -0.493 e. The summed E-state index contributed by atoms with van der Waals surface area (Å²) >= 11 is 0. The van der Waals surface area contributed by atoms with Gasteiger partial charge in [0.2, 0.25) is 0 Å². The summed E-state index contributed by atoms with van der Waals surface area (Å²) in [7, 11) is 3.21. The summed E-state index contributed by atoms with van der Waals surface area (Å²) in [4.78, 5) is 13.4. The molecule has 0 saturated carbocycles. The number of rotatable bonds is 7. The van der Waals surface area contributed by atoms with E-state index < -0.39 is 0 Å². The van der Waals surface area contributed by atoms with E-state index in [1.165, 1.54) is 0 Å². The van der Waals surface area contributed by atoms with Crippen molar-refractivity contribution in [3.8, 4) is 11.5 Å². The van der Waals surface area contributed by atoms with Gasteiger partial charge in [-0.15, -0.1) is 0 Å². The monoisotopic (exact) mass is 339 g/mol. The highest BCUT2D eigenvalue weighted by Gasteiger charge is 2.12. The van der Waals surface area contributed by atoms with Crippen LogP contribution in [0.4, 0.5) is 11.6 Å². The third-order valence-corrected chi connectivity index (χ3v) is 3.72. The van der Waals surface area contributed by atoms with Gasteiger partial charge in [-0.1, -0.05) is 0 Å². The van der Waals surface area contributed by atoms with Gasteiger partial charge in [-0.3, -0.25) is 4.98 Å². The molecule has 130 valence electrons. The van der Waals surface area contributed by atoms with Crippen molar-refractivity contribution in [2.75, 3.05) is 31.4 Å². The largest absolute Gasteiger partial charge is 0.493 e. The predicted octanol–water partition coefficient (Wildman–Crippen LogP) is 3.09. The molecule has 0 atom stereocenters. The van der Waals surface area contributed by atoms with Crippen molar-refractivity contribution in [2.24, 2.45) is 0 Å². The molecular weight excluding hydrogens is 318 g/mol. The number of pyridine rings is 1. The Labute approximate surface area is 146 Å². The Bertz CT molecular complexity index is 855. The third-order valence-electron chi connectivity index (χ3n) is 3.72. The van der Waals surface area contributed by atoms with E-state index in [1.807, 2.05) is 31.2 Å². The van der Waals surface area contributed by atoms with E-state index in [1.54, 1.807) is 26.6 Å². The van der Waals surface area contributed by atoms with Crippen LogP contribution in [-0.2, 0) is 6.54 Å². The summed E-state index contributed by atoms with van der Waals surface area (Å²) in [6, 6.07) is 7.58. The highest BCUT2D eigenvalue weighted by Crippen LogP contribution is 2.32. The smallest absolute Gasteiger partial charge is 0.170 e. The van der Waals surface area contributed by atoms with Crippen molar-refractivity contribution in [1.82, 2.24) is 15.0 Å². The number of fused-ring (bicyclic) bond motifs is 1. The summed E-state index contributed by atoms with van der Waals surface area (Å²) < 4.78 is 10.7. The van der Waals surface area contributed by atoms with Crippen LogP contribution in [0.15, 0.2) is 36.7 Å². The molecular formula is C18H21N5O2. The van der Waals surface area contributed by atoms with E-state index in [-0.39, 0.29) is 0 Å². The van der Waals surface area contributed by atoms with Crippen LogP contribution in [0.5, 0.6) is 11.5 Å². The van der Waals surface area contributed by atoms with Gasteiger partial charge in [0.1, 0.15) is 0 Å². The molecule has 0 aliphatic rings. The molecule has 0 amide bonds. The zero-order valence-electron chi connectivity index (χ0n) is 14.5. The number of methoxy groups -OCH3 is 2. The lowest BCUT2D eigenvalue weighted by molar-refractivity contribution is 0.355. The van der Waals surface area contributed by atoms with E-state index in [4.69, 9.17) is 14.5 Å². The van der Waals surface area contributed by atoms with Crippen LogP contribution in [-0.4, -0.2) is 35.7 Å². The summed E-state index contributed by atoms with van der Waals surface area (Å²) in [5.74, 6) is 2.65. The van der Waals surface area contributed by atoms with Crippen molar-refractivity contribution >= 4 is 22.7 Å². The summed E-state index contributed by atoms with van der Waals surface area (Å²) in [6.07, 6.45) is 3.54. The average Bonchev–Trinajstić information content (AvgIpc) is 2.66. The van der Waals surface area contributed by atoms with E-state index in [0.29, 0.717) is 29.7 Å². The van der Waals surface area contributed by atoms with Crippen molar-refractivity contribution in [1.29, 1.82) is 0 Å². The molecule has 0 spiro atoms. The van der Waals surface area contributed by atoms with Crippen LogP contribution < -0.4 is 20.1 Å². The SMILES string of the molecule is CCNc1nc2cc(OC)c(OC)cc2nc1NCc1ccncc1. The Morgan fingerprint density at radius 2 is 1.44 bits per heavy atom. The van der Waals surface area contributed by atoms with Gasteiger partial charge in [0, 0.05) is 37.6 Å². The van der Waals surface area contributed by atoms with Gasteiger partial charge in [-0.05, 0) is 24.6 Å². The van der Waals surface area contributed by atoms with Crippen molar-refractivity contribution in [3.05, 3.63) is 42.2 Å². The van der Waals surface area contributed by atoms with E-state index in [0.717, 1.165) is 23.1 Å². The Morgan fingerprint density at radius 1 is 0.880 bits per heavy atom. The molecule has 7 heteroatoms. The van der Waals surface area contributed by atoms with Crippen molar-refractivity contribution in [2.45, 2.75) is 13.5 Å². The maximum absolute atomic E-state index is 5.36. The lowest BCUT2D eigenvalue weighted by Crippen LogP contribution is -2.09. The van der Waals surface area contributed by atoms with Crippen LogP contribution in [0.2, 0.25) is 0 Å². The maximum atomic E-state index is 5.36. The van der Waals surface area contributed by atoms with Crippen molar-refractivity contribution < 1.29 is 9.47 Å². The molecule has 0 aliphatic carbocycles. The van der Waals surface area contributed by atoms with Crippen LogP contribution in [0.3, 0.4) is 0 Å². The molecule has 1 aromatic carbocycles. The van der Waals surface area contributed by atoms with Gasteiger partial charge in [0.05, 0.1) is 25.3 Å². The first-order chi connectivity index (χ1) is 12.2. The van der Waals surface area contributed by atoms with Gasteiger partial charge in [-0.25, -0.2) is 9.97 Å². The Kier molecular flexibility index (Phi) is 5.13. The van der Waals surface area contributed by atoms with Gasteiger partial charge in [-0.2, -0.15) is 0 Å². The van der Waals surface area contributed by atoms with Gasteiger partial charge in [0.25, 0.3) is 0 Å². The highest BCUT2D eigenvalue weighted by atomic mass is 16.5. The Balaban J connectivity index is 1.98. The first-order valence-electron chi connectivity index (χ1n) is 8.05. The second-order valence-electron chi connectivity index (χ2n) is 5.36. The molecule has 0 unspecified atom stereocenters. The molecule has 3 aromatic rings. The molecule has 3 rings (SSSR count). The first-order valence-corrected chi connectivity index (χ1v) is 8.05. The average molecular weight is 339 g/mol. The summed E-state index contributed by atoms with van der Waals surface area (Å²) in [5.41, 5.74) is 2.59. The van der Waals surface area contributed by atoms with E-state index in [9.17, 15) is 0 Å². The number of nitrogens with one attached hydrogen (secondary N) is 2. The van der Waals surface area contributed by atoms with Crippen LogP contribution in [0.25, 0.3) is 11.0 Å². The summed E-state index contributed by atoms with van der Waals surface area (Å²) in [5, 5.41) is 6.59. The number of ether oxygens (including phenoxy) is 2. The fourth-order valence-electron chi connectivity index (χ4n) is 2.48. The molecule has 0 aliphatic heterocycles. The number of anilines is 2. The lowest BCUT2D eigenvalue weighted by atomic mass is 10.2. The number of nitrogens with zero attached hydrogens (tertiary/aromatic N) is 3. The fraction of sp³-hybridized carbons (Fsp3) is 0.278. The molecule has 2 heterocycles. The molecule has 7 nitrogen and oxygen atoms in total. The Morgan fingerprint density at radius 3 is 1.96 bits per heavy atom. The van der Waals surface area contributed by atoms with Gasteiger partial charge in [0.15, 0.2) is 23.1 Å².